The van der Waals surface area contributed by atoms with Gasteiger partial charge < -0.3 is 14.9 Å². The summed E-state index contributed by atoms with van der Waals surface area (Å²) >= 11 is 0. The Hall–Kier alpha value is -1.36. The van der Waals surface area contributed by atoms with Gasteiger partial charge in [-0.05, 0) is 73.5 Å². The van der Waals surface area contributed by atoms with Gasteiger partial charge in [-0.15, -0.1) is 0 Å². The molecule has 2 saturated carbocycles. The third-order valence-corrected chi connectivity index (χ3v) is 7.92. The monoisotopic (exact) mass is 408 g/mol. The summed E-state index contributed by atoms with van der Waals surface area (Å²) in [5.41, 5.74) is 1.51. The van der Waals surface area contributed by atoms with Crippen molar-refractivity contribution in [3.63, 3.8) is 0 Å². The summed E-state index contributed by atoms with van der Waals surface area (Å²) in [6.45, 7) is 13.8. The minimum absolute atomic E-state index is 0.0538. The van der Waals surface area contributed by atoms with Crippen molar-refractivity contribution in [1.82, 2.24) is 0 Å². The number of aliphatic hydroxyl groups excluding tert-OH is 1. The van der Waals surface area contributed by atoms with Crippen LogP contribution in [0.4, 0.5) is 0 Å². The van der Waals surface area contributed by atoms with Gasteiger partial charge in [0.05, 0.1) is 25.6 Å². The predicted molar refractivity (Wildman–Crippen MR) is 113 cm³/mol. The second-order valence-corrected chi connectivity index (χ2v) is 10.3. The van der Waals surface area contributed by atoms with E-state index in [1.165, 1.54) is 5.57 Å². The van der Waals surface area contributed by atoms with E-state index in [0.29, 0.717) is 24.4 Å². The molecule has 0 aliphatic heterocycles. The van der Waals surface area contributed by atoms with Crippen LogP contribution < -0.4 is 0 Å². The summed E-state index contributed by atoms with van der Waals surface area (Å²) in [5, 5.41) is 19.2. The smallest absolute Gasteiger partial charge is 0.306 e. The largest absolute Gasteiger partial charge is 0.481 e. The van der Waals surface area contributed by atoms with Crippen molar-refractivity contribution in [1.29, 1.82) is 0 Å². The average Bonchev–Trinajstić information content (AvgIpc) is 2.63. The number of hydrogen-bond donors (Lipinski definition) is 2. The number of ether oxygens (including phenoxy) is 1. The topological polar surface area (TPSA) is 83.8 Å². The molecule has 0 unspecified atom stereocenters. The highest BCUT2D eigenvalue weighted by molar-refractivity contribution is 5.76. The van der Waals surface area contributed by atoms with Crippen LogP contribution >= 0.6 is 0 Å². The van der Waals surface area contributed by atoms with Gasteiger partial charge in [-0.25, -0.2) is 0 Å². The molecule has 29 heavy (non-hydrogen) atoms. The van der Waals surface area contributed by atoms with Crippen LogP contribution in [0.3, 0.4) is 0 Å². The summed E-state index contributed by atoms with van der Waals surface area (Å²) in [6.07, 6.45) is 6.58. The fourth-order valence-corrected chi connectivity index (χ4v) is 5.95. The summed E-state index contributed by atoms with van der Waals surface area (Å²) in [4.78, 5) is 22.1. The Morgan fingerprint density at radius 2 is 1.90 bits per heavy atom. The van der Waals surface area contributed by atoms with Crippen LogP contribution in [-0.4, -0.2) is 34.9 Å². The number of aliphatic carboxylic acids is 1. The zero-order valence-electron chi connectivity index (χ0n) is 18.7. The van der Waals surface area contributed by atoms with Gasteiger partial charge in [0.25, 0.3) is 0 Å². The first-order chi connectivity index (χ1) is 13.5. The number of aliphatic hydroxyl groups is 1. The quantitative estimate of drug-likeness (QED) is 0.416. The Bertz CT molecular complexity index is 610. The van der Waals surface area contributed by atoms with Crippen LogP contribution in [-0.2, 0) is 14.3 Å². The zero-order chi connectivity index (χ0) is 21.8. The summed E-state index contributed by atoms with van der Waals surface area (Å²) < 4.78 is 5.17. The Morgan fingerprint density at radius 3 is 2.55 bits per heavy atom. The van der Waals surface area contributed by atoms with E-state index in [0.717, 1.165) is 44.9 Å². The van der Waals surface area contributed by atoms with Gasteiger partial charge in [0.15, 0.2) is 0 Å². The molecule has 166 valence electrons. The highest BCUT2D eigenvalue weighted by Crippen LogP contribution is 2.61. The van der Waals surface area contributed by atoms with Crippen LogP contribution in [0.5, 0.6) is 0 Å². The fraction of sp³-hybridized carbons (Fsp3) is 0.833. The molecule has 2 aliphatic carbocycles. The molecule has 2 aliphatic rings. The molecule has 2 fully saturated rings. The Labute approximate surface area is 175 Å². The van der Waals surface area contributed by atoms with E-state index in [1.54, 1.807) is 0 Å². The lowest BCUT2D eigenvalue weighted by Gasteiger charge is -2.59. The van der Waals surface area contributed by atoms with E-state index >= 15 is 0 Å². The fourth-order valence-electron chi connectivity index (χ4n) is 5.95. The molecule has 0 bridgehead atoms. The zero-order valence-corrected chi connectivity index (χ0v) is 18.7. The van der Waals surface area contributed by atoms with E-state index < -0.39 is 11.9 Å². The minimum atomic E-state index is -0.978. The van der Waals surface area contributed by atoms with Crippen LogP contribution in [0.1, 0.15) is 85.5 Å². The number of carboxylic acids is 1. The number of esters is 1. The number of rotatable bonds is 9. The van der Waals surface area contributed by atoms with Crippen molar-refractivity contribution in [3.8, 4) is 0 Å². The van der Waals surface area contributed by atoms with Crippen molar-refractivity contribution in [2.75, 3.05) is 6.61 Å². The van der Waals surface area contributed by atoms with Gasteiger partial charge in [-0.3, -0.25) is 9.59 Å². The van der Waals surface area contributed by atoms with Crippen LogP contribution in [0, 0.1) is 28.6 Å². The Kier molecular flexibility index (Phi) is 7.94. The number of carboxylic acid groups (broad SMARTS) is 1. The lowest BCUT2D eigenvalue weighted by molar-refractivity contribution is -0.148. The molecule has 0 aromatic rings. The van der Waals surface area contributed by atoms with Crippen molar-refractivity contribution >= 4 is 11.9 Å². The summed E-state index contributed by atoms with van der Waals surface area (Å²) in [6, 6.07) is 0. The number of carbonyl (C=O) groups excluding carboxylic acids is 1. The number of allylic oxidation sites excluding steroid dienone is 1. The van der Waals surface area contributed by atoms with E-state index in [1.807, 2.05) is 0 Å². The molecule has 0 saturated heterocycles. The summed E-state index contributed by atoms with van der Waals surface area (Å²) in [7, 11) is 0. The molecule has 2 N–H and O–H groups in total. The molecule has 5 atom stereocenters. The maximum Gasteiger partial charge on any atom is 0.306 e. The van der Waals surface area contributed by atoms with Gasteiger partial charge in [0.2, 0.25) is 0 Å². The van der Waals surface area contributed by atoms with E-state index in [-0.39, 0.29) is 29.8 Å². The molecule has 2 rings (SSSR count). The standard InChI is InChI=1S/C24H40O5/c1-16(13-15-29-22(28)11-10-21(26)27)6-8-18-17(2)7-9-19-23(3,4)20(25)12-14-24(18,19)5/h16,18-20,25H,2,6-15H2,1,3-5H3,(H,26,27)/t16-,18+,19-,20-,24-/m1/s1. The van der Waals surface area contributed by atoms with Gasteiger partial charge in [0.1, 0.15) is 0 Å². The first kappa shape index (κ1) is 23.9. The van der Waals surface area contributed by atoms with Gasteiger partial charge >= 0.3 is 11.9 Å². The normalized spacial score (nSPS) is 32.3. The van der Waals surface area contributed by atoms with Gasteiger partial charge in [-0.2, -0.15) is 0 Å². The first-order valence-corrected chi connectivity index (χ1v) is 11.2. The molecular weight excluding hydrogens is 368 g/mol. The van der Waals surface area contributed by atoms with Crippen molar-refractivity contribution < 1.29 is 24.5 Å². The number of fused-ring (bicyclic) bond motifs is 1. The van der Waals surface area contributed by atoms with E-state index in [2.05, 4.69) is 34.3 Å². The van der Waals surface area contributed by atoms with Crippen LogP contribution in [0.2, 0.25) is 0 Å². The molecule has 0 radical (unpaired) electrons. The van der Waals surface area contributed by atoms with Crippen molar-refractivity contribution in [2.45, 2.75) is 91.6 Å². The maximum absolute atomic E-state index is 11.5. The highest BCUT2D eigenvalue weighted by Gasteiger charge is 2.55. The first-order valence-electron chi connectivity index (χ1n) is 11.2. The summed E-state index contributed by atoms with van der Waals surface area (Å²) in [5.74, 6) is 0.0152. The van der Waals surface area contributed by atoms with Gasteiger partial charge in [-0.1, -0.05) is 39.8 Å². The molecule has 0 spiro atoms. The third kappa shape index (κ3) is 5.62. The maximum atomic E-state index is 11.5. The van der Waals surface area contributed by atoms with E-state index in [4.69, 9.17) is 9.84 Å². The lowest BCUT2D eigenvalue weighted by Crippen LogP contribution is -2.54. The molecule has 0 heterocycles. The lowest BCUT2D eigenvalue weighted by atomic mass is 9.46. The molecule has 0 amide bonds. The van der Waals surface area contributed by atoms with E-state index in [9.17, 15) is 14.7 Å². The Morgan fingerprint density at radius 1 is 1.21 bits per heavy atom. The molecule has 0 aromatic carbocycles. The average molecular weight is 409 g/mol. The van der Waals surface area contributed by atoms with Crippen molar-refractivity contribution in [3.05, 3.63) is 12.2 Å². The van der Waals surface area contributed by atoms with Crippen LogP contribution in [0.25, 0.3) is 0 Å². The Balaban J connectivity index is 1.86. The van der Waals surface area contributed by atoms with Gasteiger partial charge in [0, 0.05) is 0 Å². The molecule has 0 aromatic heterocycles. The second kappa shape index (κ2) is 9.63. The highest BCUT2D eigenvalue weighted by atomic mass is 16.5. The molecular formula is C24H40O5. The SMILES string of the molecule is C=C1CC[C@@H]2C(C)(C)[C@H](O)CC[C@]2(C)[C@H]1CC[C@@H](C)CCOC(=O)CCC(=O)O. The number of carbonyl (C=O) groups is 2. The molecule has 5 nitrogen and oxygen atoms in total. The minimum Gasteiger partial charge on any atom is -0.481 e. The molecule has 5 heteroatoms. The van der Waals surface area contributed by atoms with Crippen LogP contribution in [0.15, 0.2) is 12.2 Å². The third-order valence-electron chi connectivity index (χ3n) is 7.92. The predicted octanol–water partition coefficient (Wildman–Crippen LogP) is 4.97. The number of hydrogen-bond acceptors (Lipinski definition) is 4. The van der Waals surface area contributed by atoms with Crippen molar-refractivity contribution in [2.24, 2.45) is 28.6 Å². The second-order valence-electron chi connectivity index (χ2n) is 10.3.